The fourth-order valence-electron chi connectivity index (χ4n) is 1.88. The predicted octanol–water partition coefficient (Wildman–Crippen LogP) is 0.921. The Kier molecular flexibility index (Phi) is 5.76. The van der Waals surface area contributed by atoms with Gasteiger partial charge in [0.1, 0.15) is 11.9 Å². The summed E-state index contributed by atoms with van der Waals surface area (Å²) in [5, 5.41) is 2.42. The Hall–Kier alpha value is -1.64. The van der Waals surface area contributed by atoms with E-state index in [4.69, 9.17) is 14.0 Å². The average molecular weight is 329 g/mol. The molecule has 1 heterocycles. The van der Waals surface area contributed by atoms with Gasteiger partial charge in [0.15, 0.2) is 5.75 Å². The molecule has 0 spiro atoms. The fraction of sp³-hybridized carbons (Fsp3) is 0.500. The van der Waals surface area contributed by atoms with Crippen LogP contribution in [0.3, 0.4) is 0 Å². The van der Waals surface area contributed by atoms with Crippen LogP contribution in [-0.2, 0) is 19.6 Å². The molecule has 2 N–H and O–H groups in total. The van der Waals surface area contributed by atoms with E-state index < -0.39 is 21.8 Å². The number of benzene rings is 1. The van der Waals surface area contributed by atoms with Crippen LogP contribution in [0.2, 0.25) is 0 Å². The van der Waals surface area contributed by atoms with Gasteiger partial charge >= 0.3 is 0 Å². The molecule has 2 rings (SSSR count). The van der Waals surface area contributed by atoms with Crippen LogP contribution in [-0.4, -0.2) is 44.4 Å². The number of hydrogen-bond acceptors (Lipinski definition) is 5. The summed E-state index contributed by atoms with van der Waals surface area (Å²) in [5.41, 5.74) is 1.15. The quantitative estimate of drug-likeness (QED) is 0.396. The fourth-order valence-corrected chi connectivity index (χ4v) is 2.31. The van der Waals surface area contributed by atoms with Crippen molar-refractivity contribution < 1.29 is 27.2 Å². The monoisotopic (exact) mass is 329 g/mol. The lowest BCUT2D eigenvalue weighted by molar-refractivity contribution is -0.118. The summed E-state index contributed by atoms with van der Waals surface area (Å²) in [7, 11) is -4.26. The number of rotatable bonds is 9. The number of nitrogens with one attached hydrogen (secondary N) is 1. The van der Waals surface area contributed by atoms with Gasteiger partial charge in [0.2, 0.25) is 5.91 Å². The van der Waals surface area contributed by atoms with Crippen molar-refractivity contribution in [3.8, 4) is 5.75 Å². The molecule has 1 aromatic carbocycles. The summed E-state index contributed by atoms with van der Waals surface area (Å²) in [6.07, 6.45) is 1.62. The molecule has 0 aromatic heterocycles. The normalized spacial score (nSPS) is 17.0. The summed E-state index contributed by atoms with van der Waals surface area (Å²) in [5.74, 6) is -0.832. The van der Waals surface area contributed by atoms with Crippen molar-refractivity contribution in [3.05, 3.63) is 29.8 Å². The topological polar surface area (TPSA) is 105 Å². The molecule has 122 valence electrons. The molecule has 1 unspecified atom stereocenters. The Bertz CT molecular complexity index is 594. The highest BCUT2D eigenvalue weighted by molar-refractivity contribution is 7.86. The van der Waals surface area contributed by atoms with Crippen molar-refractivity contribution in [1.29, 1.82) is 0 Å². The Balaban J connectivity index is 1.54. The molecule has 0 bridgehead atoms. The average Bonchev–Trinajstić information content (AvgIpc) is 3.26. The van der Waals surface area contributed by atoms with Crippen molar-refractivity contribution in [2.45, 2.75) is 18.9 Å². The van der Waals surface area contributed by atoms with E-state index in [1.807, 2.05) is 24.3 Å². The van der Waals surface area contributed by atoms with E-state index in [0.29, 0.717) is 19.6 Å². The standard InChI is InChI=1S/C14H19NO6S/c16-14(10-22(17,18)19)15-7-1-2-8-20-12-5-3-11(4-6-12)13-9-21-13/h3-6,13H,1-2,7-10H2,(H,15,16)(H,17,18,19). The molecule has 1 saturated heterocycles. The molecule has 7 nitrogen and oxygen atoms in total. The van der Waals surface area contributed by atoms with Gasteiger partial charge in [-0.15, -0.1) is 0 Å². The van der Waals surface area contributed by atoms with Crippen molar-refractivity contribution in [3.63, 3.8) is 0 Å². The largest absolute Gasteiger partial charge is 0.494 e. The SMILES string of the molecule is O=C(CS(=O)(=O)O)NCCCCOc1ccc(C2CO2)cc1. The van der Waals surface area contributed by atoms with Crippen LogP contribution in [0, 0.1) is 0 Å². The third kappa shape index (κ3) is 6.42. The molecular weight excluding hydrogens is 310 g/mol. The lowest BCUT2D eigenvalue weighted by atomic mass is 10.1. The Morgan fingerprint density at radius 2 is 2.00 bits per heavy atom. The van der Waals surface area contributed by atoms with Gasteiger partial charge in [0, 0.05) is 6.54 Å². The minimum Gasteiger partial charge on any atom is -0.494 e. The molecule has 1 atom stereocenters. The van der Waals surface area contributed by atoms with E-state index in [1.54, 1.807) is 0 Å². The van der Waals surface area contributed by atoms with Crippen molar-refractivity contribution in [1.82, 2.24) is 5.32 Å². The third-order valence-corrected chi connectivity index (χ3v) is 3.69. The van der Waals surface area contributed by atoms with Crippen LogP contribution in [0.1, 0.15) is 24.5 Å². The van der Waals surface area contributed by atoms with Crippen molar-refractivity contribution >= 4 is 16.0 Å². The van der Waals surface area contributed by atoms with Gasteiger partial charge in [-0.25, -0.2) is 0 Å². The Labute approximate surface area is 129 Å². The third-order valence-electron chi connectivity index (χ3n) is 3.06. The van der Waals surface area contributed by atoms with Gasteiger partial charge < -0.3 is 14.8 Å². The van der Waals surface area contributed by atoms with Crippen LogP contribution < -0.4 is 10.1 Å². The Morgan fingerprint density at radius 3 is 2.59 bits per heavy atom. The van der Waals surface area contributed by atoms with E-state index in [-0.39, 0.29) is 6.10 Å². The number of amides is 1. The number of epoxide rings is 1. The van der Waals surface area contributed by atoms with Gasteiger partial charge in [-0.1, -0.05) is 12.1 Å². The summed E-state index contributed by atoms with van der Waals surface area (Å²) in [6.45, 7) is 1.63. The summed E-state index contributed by atoms with van der Waals surface area (Å²) >= 11 is 0. The van der Waals surface area contributed by atoms with E-state index in [0.717, 1.165) is 24.3 Å². The molecule has 8 heteroatoms. The molecule has 0 aliphatic carbocycles. The van der Waals surface area contributed by atoms with Gasteiger partial charge in [-0.2, -0.15) is 8.42 Å². The van der Waals surface area contributed by atoms with E-state index in [9.17, 15) is 13.2 Å². The second-order valence-corrected chi connectivity index (χ2v) is 6.48. The zero-order valence-corrected chi connectivity index (χ0v) is 12.8. The van der Waals surface area contributed by atoms with Gasteiger partial charge in [-0.05, 0) is 30.5 Å². The second-order valence-electron chi connectivity index (χ2n) is 5.02. The first-order valence-corrected chi connectivity index (χ1v) is 8.61. The van der Waals surface area contributed by atoms with Crippen LogP contribution in [0.4, 0.5) is 0 Å². The number of carbonyl (C=O) groups excluding carboxylic acids is 1. The van der Waals surface area contributed by atoms with Crippen LogP contribution in [0.25, 0.3) is 0 Å². The second kappa shape index (κ2) is 7.57. The number of ether oxygens (including phenoxy) is 2. The molecule has 22 heavy (non-hydrogen) atoms. The molecule has 1 amide bonds. The minimum absolute atomic E-state index is 0.236. The zero-order valence-electron chi connectivity index (χ0n) is 12.0. The molecule has 1 aliphatic rings. The molecular formula is C14H19NO6S. The summed E-state index contributed by atoms with van der Waals surface area (Å²) in [4.78, 5) is 11.1. The van der Waals surface area contributed by atoms with Crippen LogP contribution >= 0.6 is 0 Å². The van der Waals surface area contributed by atoms with Crippen molar-refractivity contribution in [2.24, 2.45) is 0 Å². The van der Waals surface area contributed by atoms with Gasteiger partial charge in [0.25, 0.3) is 10.1 Å². The maximum atomic E-state index is 11.1. The lowest BCUT2D eigenvalue weighted by Crippen LogP contribution is -2.30. The number of unbranched alkanes of at least 4 members (excludes halogenated alkanes) is 1. The van der Waals surface area contributed by atoms with E-state index in [2.05, 4.69) is 5.32 Å². The highest BCUT2D eigenvalue weighted by atomic mass is 32.2. The first kappa shape index (κ1) is 16.7. The molecule has 0 saturated carbocycles. The smallest absolute Gasteiger partial charge is 0.274 e. The van der Waals surface area contributed by atoms with Crippen LogP contribution in [0.5, 0.6) is 5.75 Å². The highest BCUT2D eigenvalue weighted by Gasteiger charge is 2.24. The number of carbonyl (C=O) groups is 1. The van der Waals surface area contributed by atoms with Crippen molar-refractivity contribution in [2.75, 3.05) is 25.5 Å². The number of hydrogen-bond donors (Lipinski definition) is 2. The maximum absolute atomic E-state index is 11.1. The first-order chi connectivity index (χ1) is 10.4. The predicted molar refractivity (Wildman–Crippen MR) is 79.3 cm³/mol. The van der Waals surface area contributed by atoms with E-state index >= 15 is 0 Å². The molecule has 1 aliphatic heterocycles. The minimum atomic E-state index is -4.26. The summed E-state index contributed by atoms with van der Waals surface area (Å²) < 4.78 is 40.2. The van der Waals surface area contributed by atoms with Gasteiger partial charge in [-0.3, -0.25) is 9.35 Å². The molecule has 1 aromatic rings. The summed E-state index contributed by atoms with van der Waals surface area (Å²) in [6, 6.07) is 7.74. The molecule has 1 fully saturated rings. The van der Waals surface area contributed by atoms with Crippen LogP contribution in [0.15, 0.2) is 24.3 Å². The molecule has 0 radical (unpaired) electrons. The van der Waals surface area contributed by atoms with E-state index in [1.165, 1.54) is 0 Å². The zero-order chi connectivity index (χ0) is 16.0. The highest BCUT2D eigenvalue weighted by Crippen LogP contribution is 2.30. The Morgan fingerprint density at radius 1 is 1.32 bits per heavy atom. The lowest BCUT2D eigenvalue weighted by Gasteiger charge is -2.07. The first-order valence-electron chi connectivity index (χ1n) is 7.00. The van der Waals surface area contributed by atoms with Gasteiger partial charge in [0.05, 0.1) is 13.2 Å². The maximum Gasteiger partial charge on any atom is 0.274 e.